The van der Waals surface area contributed by atoms with Gasteiger partial charge < -0.3 is 9.73 Å². The smallest absolute Gasteiger partial charge is 0.332 e. The second-order valence-corrected chi connectivity index (χ2v) is 7.87. The highest BCUT2D eigenvalue weighted by Gasteiger charge is 2.22. The number of hydrogen-bond donors (Lipinski definition) is 1. The Morgan fingerprint density at radius 1 is 1.13 bits per heavy atom. The van der Waals surface area contributed by atoms with E-state index in [4.69, 9.17) is 16.0 Å². The van der Waals surface area contributed by atoms with E-state index in [-0.39, 0.29) is 34.3 Å². The van der Waals surface area contributed by atoms with Crippen molar-refractivity contribution in [1.82, 2.24) is 14.5 Å². The first-order valence-electron chi connectivity index (χ1n) is 9.65. The third-order valence-corrected chi connectivity index (χ3v) is 5.22. The molecule has 4 rings (SSSR count). The minimum atomic E-state index is -0.762. The summed E-state index contributed by atoms with van der Waals surface area (Å²) < 4.78 is 22.2. The van der Waals surface area contributed by atoms with E-state index in [0.717, 1.165) is 4.57 Å². The van der Waals surface area contributed by atoms with Crippen LogP contribution in [0.15, 0.2) is 56.5 Å². The van der Waals surface area contributed by atoms with E-state index in [2.05, 4.69) is 5.32 Å². The van der Waals surface area contributed by atoms with Gasteiger partial charge in [-0.25, -0.2) is 13.8 Å². The van der Waals surface area contributed by atoms with Crippen molar-refractivity contribution in [2.45, 2.75) is 33.0 Å². The zero-order chi connectivity index (χ0) is 22.3. The molecule has 0 aliphatic heterocycles. The van der Waals surface area contributed by atoms with Crippen LogP contribution in [0.5, 0.6) is 0 Å². The van der Waals surface area contributed by atoms with Crippen molar-refractivity contribution in [1.29, 1.82) is 0 Å². The Kier molecular flexibility index (Phi) is 5.41. The topological polar surface area (TPSA) is 86.2 Å². The number of furan rings is 1. The predicted molar refractivity (Wildman–Crippen MR) is 116 cm³/mol. The number of nitrogens with one attached hydrogen (secondary N) is 1. The normalized spacial score (nSPS) is 11.5. The number of aromatic nitrogens is 2. The van der Waals surface area contributed by atoms with Gasteiger partial charge >= 0.3 is 5.69 Å². The SMILES string of the molecule is CC(C)NC(=O)Cn1c(=O)c2oc3ccccc3c2n(Cc2c(F)cccc2Cl)c1=O. The lowest BCUT2D eigenvalue weighted by Gasteiger charge is -2.14. The molecule has 0 saturated heterocycles. The molecule has 0 atom stereocenters. The van der Waals surface area contributed by atoms with Crippen molar-refractivity contribution in [3.8, 4) is 0 Å². The van der Waals surface area contributed by atoms with E-state index in [1.54, 1.807) is 38.1 Å². The summed E-state index contributed by atoms with van der Waals surface area (Å²) >= 11 is 6.18. The molecule has 2 heterocycles. The summed E-state index contributed by atoms with van der Waals surface area (Å²) in [5, 5.41) is 3.32. The molecule has 0 bridgehead atoms. The molecule has 2 aromatic carbocycles. The zero-order valence-corrected chi connectivity index (χ0v) is 17.6. The van der Waals surface area contributed by atoms with E-state index in [9.17, 15) is 18.8 Å². The average molecular weight is 444 g/mol. The molecule has 1 N–H and O–H groups in total. The van der Waals surface area contributed by atoms with Crippen LogP contribution in [0.25, 0.3) is 22.1 Å². The minimum absolute atomic E-state index is 0.0920. The van der Waals surface area contributed by atoms with Gasteiger partial charge in [-0.2, -0.15) is 0 Å². The van der Waals surface area contributed by atoms with Crippen LogP contribution in [0.1, 0.15) is 19.4 Å². The van der Waals surface area contributed by atoms with Crippen LogP contribution >= 0.6 is 11.6 Å². The average Bonchev–Trinajstić information content (AvgIpc) is 3.09. The second kappa shape index (κ2) is 8.03. The Morgan fingerprint density at radius 2 is 1.87 bits per heavy atom. The number of benzene rings is 2. The molecule has 31 heavy (non-hydrogen) atoms. The fraction of sp³-hybridized carbons (Fsp3) is 0.227. The lowest BCUT2D eigenvalue weighted by atomic mass is 10.2. The number of para-hydroxylation sites is 1. The first-order valence-corrected chi connectivity index (χ1v) is 10.0. The second-order valence-electron chi connectivity index (χ2n) is 7.46. The van der Waals surface area contributed by atoms with Gasteiger partial charge in [0.2, 0.25) is 11.5 Å². The molecule has 0 saturated carbocycles. The lowest BCUT2D eigenvalue weighted by Crippen LogP contribution is -2.44. The monoisotopic (exact) mass is 443 g/mol. The molecule has 0 spiro atoms. The standard InChI is InChI=1S/C22H19ClFN3O4/c1-12(2)25-18(28)11-27-21(29)20-19(13-6-3-4-9-17(13)31-20)26(22(27)30)10-14-15(23)7-5-8-16(14)24/h3-9,12H,10-11H2,1-2H3,(H,25,28). The Morgan fingerprint density at radius 3 is 2.58 bits per heavy atom. The van der Waals surface area contributed by atoms with E-state index >= 15 is 0 Å². The largest absolute Gasteiger partial charge is 0.449 e. The summed E-state index contributed by atoms with van der Waals surface area (Å²) in [6, 6.07) is 10.9. The first-order chi connectivity index (χ1) is 14.8. The van der Waals surface area contributed by atoms with Gasteiger partial charge in [-0.05, 0) is 38.1 Å². The van der Waals surface area contributed by atoms with Crippen LogP contribution in [0, 0.1) is 5.82 Å². The molecule has 160 valence electrons. The van der Waals surface area contributed by atoms with E-state index in [0.29, 0.717) is 11.0 Å². The van der Waals surface area contributed by atoms with E-state index < -0.39 is 29.5 Å². The van der Waals surface area contributed by atoms with Crippen molar-refractivity contribution < 1.29 is 13.6 Å². The van der Waals surface area contributed by atoms with Gasteiger partial charge in [-0.1, -0.05) is 29.8 Å². The molecular weight excluding hydrogens is 425 g/mol. The number of amides is 1. The van der Waals surface area contributed by atoms with Gasteiger partial charge in [0.05, 0.1) is 6.54 Å². The summed E-state index contributed by atoms with van der Waals surface area (Å²) in [4.78, 5) is 38.7. The fourth-order valence-corrected chi connectivity index (χ4v) is 3.76. The highest BCUT2D eigenvalue weighted by atomic mass is 35.5. The Hall–Kier alpha value is -3.39. The molecule has 1 amide bonds. The van der Waals surface area contributed by atoms with Crippen LogP contribution in [0.4, 0.5) is 4.39 Å². The molecule has 0 aliphatic rings. The lowest BCUT2D eigenvalue weighted by molar-refractivity contribution is -0.122. The molecule has 9 heteroatoms. The van der Waals surface area contributed by atoms with E-state index in [1.807, 2.05) is 0 Å². The first kappa shape index (κ1) is 20.9. The molecule has 7 nitrogen and oxygen atoms in total. The molecule has 0 aliphatic carbocycles. The minimum Gasteiger partial charge on any atom is -0.449 e. The number of carbonyl (C=O) groups excluding carboxylic acids is 1. The maximum absolute atomic E-state index is 14.5. The molecule has 4 aromatic rings. The molecule has 0 unspecified atom stereocenters. The van der Waals surface area contributed by atoms with Crippen molar-refractivity contribution in [2.75, 3.05) is 0 Å². The number of halogens is 2. The van der Waals surface area contributed by atoms with Gasteiger partial charge in [0.25, 0.3) is 5.56 Å². The summed E-state index contributed by atoms with van der Waals surface area (Å²) in [7, 11) is 0. The predicted octanol–water partition coefficient (Wildman–Crippen LogP) is 3.27. The molecule has 0 radical (unpaired) electrons. The Bertz CT molecular complexity index is 1410. The number of carbonyl (C=O) groups is 1. The molecule has 0 fully saturated rings. The summed E-state index contributed by atoms with van der Waals surface area (Å²) in [6.07, 6.45) is 0. The van der Waals surface area contributed by atoms with Crippen LogP contribution in [-0.2, 0) is 17.9 Å². The molecule has 2 aromatic heterocycles. The summed E-state index contributed by atoms with van der Waals surface area (Å²) in [5.41, 5.74) is -0.870. The number of rotatable bonds is 5. The summed E-state index contributed by atoms with van der Waals surface area (Å²) in [6.45, 7) is 2.80. The van der Waals surface area contributed by atoms with Crippen molar-refractivity contribution in [3.05, 3.63) is 79.7 Å². The zero-order valence-electron chi connectivity index (χ0n) is 16.8. The van der Waals surface area contributed by atoms with Gasteiger partial charge in [0.15, 0.2) is 0 Å². The maximum Gasteiger partial charge on any atom is 0.332 e. The van der Waals surface area contributed by atoms with Gasteiger partial charge in [-0.3, -0.25) is 14.2 Å². The van der Waals surface area contributed by atoms with Crippen molar-refractivity contribution >= 4 is 39.6 Å². The van der Waals surface area contributed by atoms with Crippen LogP contribution in [0.2, 0.25) is 5.02 Å². The fourth-order valence-electron chi connectivity index (χ4n) is 3.53. The number of hydrogen-bond acceptors (Lipinski definition) is 4. The van der Waals surface area contributed by atoms with Crippen LogP contribution in [0.3, 0.4) is 0 Å². The van der Waals surface area contributed by atoms with Crippen LogP contribution < -0.4 is 16.6 Å². The van der Waals surface area contributed by atoms with Crippen molar-refractivity contribution in [3.63, 3.8) is 0 Å². The van der Waals surface area contributed by atoms with Crippen molar-refractivity contribution in [2.24, 2.45) is 0 Å². The van der Waals surface area contributed by atoms with Crippen LogP contribution in [-0.4, -0.2) is 21.1 Å². The van der Waals surface area contributed by atoms with Gasteiger partial charge in [0.1, 0.15) is 23.5 Å². The number of fused-ring (bicyclic) bond motifs is 3. The summed E-state index contributed by atoms with van der Waals surface area (Å²) in [5.74, 6) is -1.09. The Labute approximate surface area is 180 Å². The van der Waals surface area contributed by atoms with Gasteiger partial charge in [-0.15, -0.1) is 0 Å². The number of nitrogens with zero attached hydrogens (tertiary/aromatic N) is 2. The highest BCUT2D eigenvalue weighted by Crippen LogP contribution is 2.27. The molecular formula is C22H19ClFN3O4. The third-order valence-electron chi connectivity index (χ3n) is 4.87. The quantitative estimate of drug-likeness (QED) is 0.513. The van der Waals surface area contributed by atoms with Gasteiger partial charge in [0, 0.05) is 22.0 Å². The highest BCUT2D eigenvalue weighted by molar-refractivity contribution is 6.31. The third kappa shape index (κ3) is 3.74. The maximum atomic E-state index is 14.5. The van der Waals surface area contributed by atoms with E-state index in [1.165, 1.54) is 22.8 Å². The Balaban J connectivity index is 2.01.